The van der Waals surface area contributed by atoms with Gasteiger partial charge >= 0.3 is 5.97 Å². The molecule has 0 heterocycles. The minimum atomic E-state index is -0.102. The molecule has 0 aromatic heterocycles. The summed E-state index contributed by atoms with van der Waals surface area (Å²) in [6, 6.07) is 15.1. The zero-order valence-electron chi connectivity index (χ0n) is 15.1. The Kier molecular flexibility index (Phi) is 5.75. The largest absolute Gasteiger partial charge is 0.497 e. The monoisotopic (exact) mass is 338 g/mol. The molecule has 3 heteroatoms. The van der Waals surface area contributed by atoms with Gasteiger partial charge in [0.1, 0.15) is 5.75 Å². The normalized spacial score (nSPS) is 15.7. The molecule has 0 N–H and O–H groups in total. The van der Waals surface area contributed by atoms with Crippen molar-refractivity contribution in [3.05, 3.63) is 64.7 Å². The Labute approximate surface area is 150 Å². The zero-order valence-corrected chi connectivity index (χ0v) is 15.1. The molecule has 3 nitrogen and oxygen atoms in total. The fraction of sp³-hybridized carbons (Fsp3) is 0.409. The average Bonchev–Trinajstić information content (AvgIpc) is 2.79. The minimum absolute atomic E-state index is 0.102. The first-order valence-corrected chi connectivity index (χ1v) is 9.13. The second-order valence-corrected chi connectivity index (χ2v) is 6.51. The molecular formula is C22H26O3. The molecule has 0 saturated carbocycles. The van der Waals surface area contributed by atoms with Crippen LogP contribution >= 0.6 is 0 Å². The summed E-state index contributed by atoms with van der Waals surface area (Å²) < 4.78 is 10.5. The van der Waals surface area contributed by atoms with Crippen molar-refractivity contribution < 1.29 is 14.3 Å². The lowest BCUT2D eigenvalue weighted by atomic mass is 9.84. The first kappa shape index (κ1) is 17.5. The number of carbonyl (C=O) groups is 1. The molecule has 132 valence electrons. The summed E-state index contributed by atoms with van der Waals surface area (Å²) in [5.74, 6) is 1.10. The average molecular weight is 338 g/mol. The molecule has 1 atom stereocenters. The molecule has 2 aromatic rings. The molecule has 0 amide bonds. The van der Waals surface area contributed by atoms with E-state index in [1.54, 1.807) is 7.11 Å². The number of aryl methyl sites for hydroxylation is 2. The van der Waals surface area contributed by atoms with E-state index < -0.39 is 0 Å². The third-order valence-electron chi connectivity index (χ3n) is 5.00. The Morgan fingerprint density at radius 3 is 2.60 bits per heavy atom. The molecule has 25 heavy (non-hydrogen) atoms. The number of esters is 1. The molecule has 0 bridgehead atoms. The lowest BCUT2D eigenvalue weighted by Crippen LogP contribution is -2.08. The number of methoxy groups -OCH3 is 1. The SMILES string of the molecule is CCOC(=O)CCCC1c2ccccc2CCc2ccc(OC)cc21. The molecular weight excluding hydrogens is 312 g/mol. The van der Waals surface area contributed by atoms with E-state index in [2.05, 4.69) is 36.4 Å². The number of benzene rings is 2. The van der Waals surface area contributed by atoms with Gasteiger partial charge in [0.2, 0.25) is 0 Å². The van der Waals surface area contributed by atoms with E-state index in [0.29, 0.717) is 18.9 Å². The van der Waals surface area contributed by atoms with Crippen LogP contribution in [0.4, 0.5) is 0 Å². The summed E-state index contributed by atoms with van der Waals surface area (Å²) in [7, 11) is 1.71. The lowest BCUT2D eigenvalue weighted by Gasteiger charge is -2.21. The van der Waals surface area contributed by atoms with Crippen molar-refractivity contribution >= 4 is 5.97 Å². The summed E-state index contributed by atoms with van der Waals surface area (Å²) >= 11 is 0. The quantitative estimate of drug-likeness (QED) is 0.719. The molecule has 1 aliphatic rings. The highest BCUT2D eigenvalue weighted by atomic mass is 16.5. The molecule has 1 aliphatic carbocycles. The standard InChI is InChI=1S/C22H26O3/c1-3-25-22(23)10-6-9-20-19-8-5-4-7-16(19)11-12-17-13-14-18(24-2)15-21(17)20/h4-5,7-8,13-15,20H,3,6,9-12H2,1-2H3. The predicted octanol–water partition coefficient (Wildman–Crippen LogP) is 4.66. The fourth-order valence-electron chi connectivity index (χ4n) is 3.79. The first-order chi connectivity index (χ1) is 12.2. The first-order valence-electron chi connectivity index (χ1n) is 9.13. The van der Waals surface area contributed by atoms with Gasteiger partial charge in [0.15, 0.2) is 0 Å². The van der Waals surface area contributed by atoms with E-state index in [4.69, 9.17) is 9.47 Å². The molecule has 0 spiro atoms. The molecule has 2 aromatic carbocycles. The van der Waals surface area contributed by atoms with Gasteiger partial charge in [-0.2, -0.15) is 0 Å². The number of ether oxygens (including phenoxy) is 2. The number of carbonyl (C=O) groups excluding carboxylic acids is 1. The second kappa shape index (κ2) is 8.19. The number of hydrogen-bond donors (Lipinski definition) is 0. The van der Waals surface area contributed by atoms with Crippen molar-refractivity contribution in [2.75, 3.05) is 13.7 Å². The summed E-state index contributed by atoms with van der Waals surface area (Å²) in [6.07, 6.45) is 4.35. The van der Waals surface area contributed by atoms with Crippen molar-refractivity contribution in [3.63, 3.8) is 0 Å². The van der Waals surface area contributed by atoms with Crippen molar-refractivity contribution in [2.45, 2.75) is 44.9 Å². The summed E-state index contributed by atoms with van der Waals surface area (Å²) in [5, 5.41) is 0. The van der Waals surface area contributed by atoms with Crippen molar-refractivity contribution in [2.24, 2.45) is 0 Å². The topological polar surface area (TPSA) is 35.5 Å². The second-order valence-electron chi connectivity index (χ2n) is 6.51. The van der Waals surface area contributed by atoms with Gasteiger partial charge in [-0.25, -0.2) is 0 Å². The number of hydrogen-bond acceptors (Lipinski definition) is 3. The Morgan fingerprint density at radius 1 is 1.08 bits per heavy atom. The van der Waals surface area contributed by atoms with E-state index in [9.17, 15) is 4.79 Å². The van der Waals surface area contributed by atoms with Crippen molar-refractivity contribution in [3.8, 4) is 5.75 Å². The van der Waals surface area contributed by atoms with Gasteiger partial charge in [-0.3, -0.25) is 4.79 Å². The van der Waals surface area contributed by atoms with Crippen LogP contribution in [0.25, 0.3) is 0 Å². The van der Waals surface area contributed by atoms with Gasteiger partial charge in [-0.05, 0) is 67.0 Å². The molecule has 0 aliphatic heterocycles. The van der Waals surface area contributed by atoms with Crippen LogP contribution in [-0.2, 0) is 22.4 Å². The zero-order chi connectivity index (χ0) is 17.6. The Hall–Kier alpha value is -2.29. The Balaban J connectivity index is 1.89. The fourth-order valence-corrected chi connectivity index (χ4v) is 3.79. The lowest BCUT2D eigenvalue weighted by molar-refractivity contribution is -0.143. The van der Waals surface area contributed by atoms with Crippen LogP contribution in [0.15, 0.2) is 42.5 Å². The van der Waals surface area contributed by atoms with Gasteiger partial charge in [0, 0.05) is 12.3 Å². The van der Waals surface area contributed by atoms with E-state index in [-0.39, 0.29) is 5.97 Å². The van der Waals surface area contributed by atoms with Gasteiger partial charge in [0.05, 0.1) is 13.7 Å². The molecule has 0 fully saturated rings. The van der Waals surface area contributed by atoms with Crippen molar-refractivity contribution in [1.29, 1.82) is 0 Å². The maximum atomic E-state index is 11.7. The molecule has 3 rings (SSSR count). The van der Waals surface area contributed by atoms with Crippen LogP contribution in [0.3, 0.4) is 0 Å². The van der Waals surface area contributed by atoms with Crippen LogP contribution in [0.1, 0.15) is 54.4 Å². The van der Waals surface area contributed by atoms with Crippen LogP contribution in [0.5, 0.6) is 5.75 Å². The van der Waals surface area contributed by atoms with Gasteiger partial charge in [-0.15, -0.1) is 0 Å². The highest BCUT2D eigenvalue weighted by molar-refractivity contribution is 5.69. The van der Waals surface area contributed by atoms with Gasteiger partial charge in [0.25, 0.3) is 0 Å². The van der Waals surface area contributed by atoms with Crippen molar-refractivity contribution in [1.82, 2.24) is 0 Å². The van der Waals surface area contributed by atoms with Gasteiger partial charge in [-0.1, -0.05) is 30.3 Å². The summed E-state index contributed by atoms with van der Waals surface area (Å²) in [5.41, 5.74) is 5.53. The van der Waals surface area contributed by atoms with E-state index in [1.165, 1.54) is 22.3 Å². The third kappa shape index (κ3) is 4.04. The summed E-state index contributed by atoms with van der Waals surface area (Å²) in [6.45, 7) is 2.30. The molecule has 0 radical (unpaired) electrons. The highest BCUT2D eigenvalue weighted by Crippen LogP contribution is 2.39. The van der Waals surface area contributed by atoms with E-state index in [1.807, 2.05) is 13.0 Å². The third-order valence-corrected chi connectivity index (χ3v) is 5.00. The predicted molar refractivity (Wildman–Crippen MR) is 99.2 cm³/mol. The number of fused-ring (bicyclic) bond motifs is 2. The molecule has 1 unspecified atom stereocenters. The van der Waals surface area contributed by atoms with Crippen LogP contribution < -0.4 is 4.74 Å². The highest BCUT2D eigenvalue weighted by Gasteiger charge is 2.24. The number of rotatable bonds is 6. The van der Waals surface area contributed by atoms with Crippen LogP contribution in [0.2, 0.25) is 0 Å². The smallest absolute Gasteiger partial charge is 0.305 e. The maximum absolute atomic E-state index is 11.7. The maximum Gasteiger partial charge on any atom is 0.305 e. The van der Waals surface area contributed by atoms with Crippen LogP contribution in [-0.4, -0.2) is 19.7 Å². The van der Waals surface area contributed by atoms with E-state index in [0.717, 1.165) is 31.4 Å². The van der Waals surface area contributed by atoms with Crippen LogP contribution in [0, 0.1) is 0 Å². The van der Waals surface area contributed by atoms with Gasteiger partial charge < -0.3 is 9.47 Å². The Bertz CT molecular complexity index is 736. The van der Waals surface area contributed by atoms with E-state index >= 15 is 0 Å². The molecule has 0 saturated heterocycles. The Morgan fingerprint density at radius 2 is 1.84 bits per heavy atom. The minimum Gasteiger partial charge on any atom is -0.497 e. The summed E-state index contributed by atoms with van der Waals surface area (Å²) in [4.78, 5) is 11.7.